The van der Waals surface area contributed by atoms with Gasteiger partial charge in [0.15, 0.2) is 0 Å². The summed E-state index contributed by atoms with van der Waals surface area (Å²) in [6, 6.07) is 9.47. The Morgan fingerprint density at radius 2 is 1.90 bits per heavy atom. The van der Waals surface area contributed by atoms with Crippen LogP contribution in [0.15, 0.2) is 36.4 Å². The van der Waals surface area contributed by atoms with Crippen LogP contribution in [0.5, 0.6) is 0 Å². The molecule has 0 fully saturated rings. The fourth-order valence-electron chi connectivity index (χ4n) is 3.39. The van der Waals surface area contributed by atoms with Crippen LogP contribution >= 0.6 is 0 Å². The maximum absolute atomic E-state index is 3.74. The maximum atomic E-state index is 3.74. The van der Waals surface area contributed by atoms with Gasteiger partial charge >= 0.3 is 0 Å². The van der Waals surface area contributed by atoms with Crippen molar-refractivity contribution < 1.29 is 0 Å². The minimum atomic E-state index is 0.202. The molecule has 1 aromatic rings. The number of unbranched alkanes of at least 4 members (excludes halogenated alkanes) is 2. The molecule has 1 aliphatic heterocycles. The van der Waals surface area contributed by atoms with Gasteiger partial charge in [0.05, 0.1) is 0 Å². The average molecular weight is 285 g/mol. The Labute approximate surface area is 130 Å². The van der Waals surface area contributed by atoms with Gasteiger partial charge in [-0.3, -0.25) is 0 Å². The summed E-state index contributed by atoms with van der Waals surface area (Å²) in [6.07, 6.45) is 10.0. The maximum Gasteiger partial charge on any atom is 0.0389 e. The van der Waals surface area contributed by atoms with E-state index in [1.807, 2.05) is 0 Å². The quantitative estimate of drug-likeness (QED) is 0.565. The van der Waals surface area contributed by atoms with E-state index >= 15 is 0 Å². The highest BCUT2D eigenvalue weighted by molar-refractivity contribution is 5.36. The Balaban J connectivity index is 2.24. The standard InChI is InChI=1S/C20H31N/c1-5-6-7-11-16-12-10-15-21-19(16)17-13-8-9-14-18(17)20(2,3)4/h8-10,12-14,16,19,21H,5-7,11,15H2,1-4H3. The van der Waals surface area contributed by atoms with Crippen molar-refractivity contribution in [2.45, 2.75) is 64.8 Å². The van der Waals surface area contributed by atoms with E-state index in [0.29, 0.717) is 12.0 Å². The Morgan fingerprint density at radius 3 is 2.62 bits per heavy atom. The molecule has 1 heterocycles. The molecule has 1 heteroatoms. The summed E-state index contributed by atoms with van der Waals surface area (Å²) in [5.74, 6) is 0.633. The number of hydrogen-bond acceptors (Lipinski definition) is 1. The van der Waals surface area contributed by atoms with Crippen LogP contribution in [0.1, 0.15) is 70.5 Å². The molecule has 1 aliphatic rings. The Hall–Kier alpha value is -1.08. The van der Waals surface area contributed by atoms with Gasteiger partial charge in [-0.1, -0.05) is 83.4 Å². The molecule has 0 saturated heterocycles. The van der Waals surface area contributed by atoms with Gasteiger partial charge < -0.3 is 5.32 Å². The van der Waals surface area contributed by atoms with Crippen LogP contribution in [-0.2, 0) is 5.41 Å². The fourth-order valence-corrected chi connectivity index (χ4v) is 3.39. The van der Waals surface area contributed by atoms with Gasteiger partial charge in [-0.05, 0) is 28.9 Å². The summed E-state index contributed by atoms with van der Waals surface area (Å²) >= 11 is 0. The van der Waals surface area contributed by atoms with E-state index in [-0.39, 0.29) is 5.41 Å². The third-order valence-corrected chi connectivity index (χ3v) is 4.51. The average Bonchev–Trinajstić information content (AvgIpc) is 2.47. The van der Waals surface area contributed by atoms with Crippen LogP contribution in [0, 0.1) is 5.92 Å². The van der Waals surface area contributed by atoms with E-state index < -0.39 is 0 Å². The second kappa shape index (κ2) is 7.26. The van der Waals surface area contributed by atoms with Gasteiger partial charge in [-0.25, -0.2) is 0 Å². The van der Waals surface area contributed by atoms with Gasteiger partial charge in [0.2, 0.25) is 0 Å². The number of hydrogen-bond donors (Lipinski definition) is 1. The van der Waals surface area contributed by atoms with Crippen molar-refractivity contribution in [3.8, 4) is 0 Å². The minimum Gasteiger partial charge on any atom is -0.306 e. The fraction of sp³-hybridized carbons (Fsp3) is 0.600. The molecule has 2 unspecified atom stereocenters. The number of rotatable bonds is 5. The van der Waals surface area contributed by atoms with Crippen molar-refractivity contribution in [1.82, 2.24) is 5.32 Å². The first-order valence-electron chi connectivity index (χ1n) is 8.53. The molecule has 1 nitrogen and oxygen atoms in total. The lowest BCUT2D eigenvalue weighted by atomic mass is 9.77. The molecule has 21 heavy (non-hydrogen) atoms. The van der Waals surface area contributed by atoms with Crippen molar-refractivity contribution in [2.75, 3.05) is 6.54 Å². The molecule has 0 bridgehead atoms. The van der Waals surface area contributed by atoms with Crippen LogP contribution in [0.3, 0.4) is 0 Å². The molecule has 0 spiro atoms. The molecule has 1 aromatic carbocycles. The predicted octanol–water partition coefficient (Wildman–Crippen LogP) is 5.38. The zero-order chi connectivity index (χ0) is 15.3. The van der Waals surface area contributed by atoms with E-state index in [0.717, 1.165) is 6.54 Å². The lowest BCUT2D eigenvalue weighted by Crippen LogP contribution is -2.33. The summed E-state index contributed by atoms with van der Waals surface area (Å²) in [4.78, 5) is 0. The topological polar surface area (TPSA) is 12.0 Å². The first-order chi connectivity index (χ1) is 10.0. The van der Waals surface area contributed by atoms with E-state index in [1.165, 1.54) is 36.8 Å². The van der Waals surface area contributed by atoms with Crippen LogP contribution in [0.25, 0.3) is 0 Å². The van der Waals surface area contributed by atoms with Crippen molar-refractivity contribution >= 4 is 0 Å². The zero-order valence-corrected chi connectivity index (χ0v) is 14.2. The van der Waals surface area contributed by atoms with Crippen molar-refractivity contribution in [1.29, 1.82) is 0 Å². The molecule has 0 saturated carbocycles. The predicted molar refractivity (Wildman–Crippen MR) is 92.7 cm³/mol. The minimum absolute atomic E-state index is 0.202. The molecule has 0 aromatic heterocycles. The number of nitrogens with one attached hydrogen (secondary N) is 1. The van der Waals surface area contributed by atoms with Crippen LogP contribution in [0.2, 0.25) is 0 Å². The molecular weight excluding hydrogens is 254 g/mol. The first-order valence-corrected chi connectivity index (χ1v) is 8.53. The van der Waals surface area contributed by atoms with Gasteiger partial charge in [-0.2, -0.15) is 0 Å². The molecule has 0 radical (unpaired) electrons. The van der Waals surface area contributed by atoms with Crippen molar-refractivity contribution in [3.63, 3.8) is 0 Å². The van der Waals surface area contributed by atoms with Gasteiger partial charge in [0, 0.05) is 12.6 Å². The lowest BCUT2D eigenvalue weighted by molar-refractivity contribution is 0.379. The lowest BCUT2D eigenvalue weighted by Gasteiger charge is -2.34. The highest BCUT2D eigenvalue weighted by Crippen LogP contribution is 2.36. The highest BCUT2D eigenvalue weighted by atomic mass is 14.9. The zero-order valence-electron chi connectivity index (χ0n) is 14.2. The van der Waals surface area contributed by atoms with Crippen LogP contribution < -0.4 is 5.32 Å². The largest absolute Gasteiger partial charge is 0.306 e. The molecule has 1 N–H and O–H groups in total. The summed E-state index contributed by atoms with van der Waals surface area (Å²) in [7, 11) is 0. The SMILES string of the molecule is CCCCCC1C=CCNC1c1ccccc1C(C)(C)C. The normalized spacial score (nSPS) is 22.5. The number of benzene rings is 1. The summed E-state index contributed by atoms with van der Waals surface area (Å²) in [5, 5.41) is 3.74. The first kappa shape index (κ1) is 16.3. The summed E-state index contributed by atoms with van der Waals surface area (Å²) in [5.41, 5.74) is 3.18. The molecule has 0 amide bonds. The van der Waals surface area contributed by atoms with Gasteiger partial charge in [-0.15, -0.1) is 0 Å². The summed E-state index contributed by atoms with van der Waals surface area (Å²) < 4.78 is 0. The third kappa shape index (κ3) is 4.20. The second-order valence-electron chi connectivity index (χ2n) is 7.31. The molecule has 2 rings (SSSR count). The summed E-state index contributed by atoms with van der Waals surface area (Å²) in [6.45, 7) is 10.2. The highest BCUT2D eigenvalue weighted by Gasteiger charge is 2.27. The monoisotopic (exact) mass is 285 g/mol. The Kier molecular flexibility index (Phi) is 5.64. The molecule has 0 aliphatic carbocycles. The van der Waals surface area contributed by atoms with Crippen LogP contribution in [0.4, 0.5) is 0 Å². The van der Waals surface area contributed by atoms with E-state index in [4.69, 9.17) is 0 Å². The molecule has 2 atom stereocenters. The van der Waals surface area contributed by atoms with E-state index in [1.54, 1.807) is 0 Å². The van der Waals surface area contributed by atoms with E-state index in [2.05, 4.69) is 69.4 Å². The Bertz CT molecular complexity index is 467. The Morgan fingerprint density at radius 1 is 1.14 bits per heavy atom. The van der Waals surface area contributed by atoms with Gasteiger partial charge in [0.1, 0.15) is 0 Å². The van der Waals surface area contributed by atoms with Crippen LogP contribution in [-0.4, -0.2) is 6.54 Å². The van der Waals surface area contributed by atoms with Crippen molar-refractivity contribution in [3.05, 3.63) is 47.5 Å². The smallest absolute Gasteiger partial charge is 0.0389 e. The van der Waals surface area contributed by atoms with E-state index in [9.17, 15) is 0 Å². The van der Waals surface area contributed by atoms with Gasteiger partial charge in [0.25, 0.3) is 0 Å². The third-order valence-electron chi connectivity index (χ3n) is 4.51. The molecular formula is C20H31N. The molecule has 116 valence electrons. The second-order valence-corrected chi connectivity index (χ2v) is 7.31. The van der Waals surface area contributed by atoms with Crippen molar-refractivity contribution in [2.24, 2.45) is 5.92 Å².